The number of hydrogen-bond donors (Lipinski definition) is 0. The van der Waals surface area contributed by atoms with Gasteiger partial charge in [0.25, 0.3) is 0 Å². The molecule has 0 spiro atoms. The molecule has 0 fully saturated rings. The van der Waals surface area contributed by atoms with Crippen LogP contribution in [0.5, 0.6) is 0 Å². The first kappa shape index (κ1) is 14.4. The summed E-state index contributed by atoms with van der Waals surface area (Å²) in [5.41, 5.74) is 3.13. The van der Waals surface area contributed by atoms with E-state index >= 15 is 0 Å². The molecule has 2 aromatic heterocycles. The lowest BCUT2D eigenvalue weighted by atomic mass is 10.2. The van der Waals surface area contributed by atoms with Crippen LogP contribution in [0.15, 0.2) is 42.7 Å². The highest BCUT2D eigenvalue weighted by atomic mass is 35.5. The summed E-state index contributed by atoms with van der Waals surface area (Å²) >= 11 is 5.07. The Balaban J connectivity index is 0.000000452. The summed E-state index contributed by atoms with van der Waals surface area (Å²) in [7, 11) is 0. The number of nitrogens with zero attached hydrogens (tertiary/aromatic N) is 3. The van der Waals surface area contributed by atoms with Crippen LogP contribution >= 0.6 is 11.6 Å². The zero-order valence-corrected chi connectivity index (χ0v) is 12.1. The van der Waals surface area contributed by atoms with Gasteiger partial charge in [-0.15, -0.1) is 0 Å². The van der Waals surface area contributed by atoms with E-state index in [0.29, 0.717) is 0 Å². The van der Waals surface area contributed by atoms with Gasteiger partial charge in [-0.1, -0.05) is 17.7 Å². The molecule has 0 aliphatic heterocycles. The SMILES string of the molecule is Cc1ccc(-n2ccc3cnc(Cl)nc32)cc1.O=S=O. The highest BCUT2D eigenvalue weighted by molar-refractivity contribution is 7.51. The molecular weight excluding hydrogens is 298 g/mol. The molecule has 0 bridgehead atoms. The maximum atomic E-state index is 8.29. The van der Waals surface area contributed by atoms with Crippen molar-refractivity contribution in [3.05, 3.63) is 53.6 Å². The largest absolute Gasteiger partial charge is 0.335 e. The Hall–Kier alpha value is -2.05. The summed E-state index contributed by atoms with van der Waals surface area (Å²) in [6.07, 6.45) is 3.70. The van der Waals surface area contributed by atoms with Gasteiger partial charge in [-0.3, -0.25) is 0 Å². The summed E-state index contributed by atoms with van der Waals surface area (Å²) in [5, 5.41) is 1.25. The van der Waals surface area contributed by atoms with Crippen LogP contribution in [0.3, 0.4) is 0 Å². The number of fused-ring (bicyclic) bond motifs is 1. The van der Waals surface area contributed by atoms with Gasteiger partial charge in [-0.2, -0.15) is 13.4 Å². The molecule has 1 aromatic carbocycles. The van der Waals surface area contributed by atoms with E-state index in [1.165, 1.54) is 5.56 Å². The molecule has 2 heterocycles. The van der Waals surface area contributed by atoms with Crippen molar-refractivity contribution in [1.82, 2.24) is 14.5 Å². The van der Waals surface area contributed by atoms with Crippen molar-refractivity contribution in [2.75, 3.05) is 0 Å². The molecule has 0 atom stereocenters. The van der Waals surface area contributed by atoms with Crippen LogP contribution in [0.1, 0.15) is 5.56 Å². The van der Waals surface area contributed by atoms with Gasteiger partial charge in [0.1, 0.15) is 5.65 Å². The lowest BCUT2D eigenvalue weighted by Crippen LogP contribution is -1.94. The fourth-order valence-corrected chi connectivity index (χ4v) is 1.94. The minimum atomic E-state index is -0.750. The summed E-state index contributed by atoms with van der Waals surface area (Å²) in [4.78, 5) is 8.22. The Labute approximate surface area is 123 Å². The number of rotatable bonds is 1. The maximum Gasteiger partial charge on any atom is 0.335 e. The summed E-state index contributed by atoms with van der Waals surface area (Å²) in [6.45, 7) is 2.07. The molecule has 3 rings (SSSR count). The van der Waals surface area contributed by atoms with E-state index < -0.39 is 11.6 Å². The monoisotopic (exact) mass is 307 g/mol. The lowest BCUT2D eigenvalue weighted by Gasteiger charge is -2.04. The van der Waals surface area contributed by atoms with Crippen molar-refractivity contribution < 1.29 is 8.42 Å². The predicted octanol–water partition coefficient (Wildman–Crippen LogP) is 2.71. The van der Waals surface area contributed by atoms with Crippen molar-refractivity contribution >= 4 is 34.2 Å². The molecule has 0 saturated carbocycles. The second kappa shape index (κ2) is 6.40. The summed E-state index contributed by atoms with van der Waals surface area (Å²) in [5.74, 6) is 0. The third-order valence-electron chi connectivity index (χ3n) is 2.71. The van der Waals surface area contributed by atoms with E-state index in [4.69, 9.17) is 20.0 Å². The molecule has 0 unspecified atom stereocenters. The highest BCUT2D eigenvalue weighted by Gasteiger charge is 2.05. The van der Waals surface area contributed by atoms with Crippen molar-refractivity contribution in [2.24, 2.45) is 0 Å². The molecule has 102 valence electrons. The molecule has 0 radical (unpaired) electrons. The average molecular weight is 308 g/mol. The van der Waals surface area contributed by atoms with E-state index in [1.807, 2.05) is 16.8 Å². The standard InChI is InChI=1S/C13H10ClN3.O2S/c1-9-2-4-11(5-3-9)17-7-6-10-8-15-13(14)16-12(10)17;1-3-2/h2-8H,1H3;. The molecular formula is C13H10ClN3O2S. The van der Waals surface area contributed by atoms with E-state index in [1.54, 1.807) is 6.20 Å². The molecule has 0 saturated heterocycles. The van der Waals surface area contributed by atoms with Gasteiger partial charge in [0.2, 0.25) is 5.28 Å². The van der Waals surface area contributed by atoms with Gasteiger partial charge >= 0.3 is 11.6 Å². The second-order valence-electron chi connectivity index (χ2n) is 4.01. The molecule has 5 nitrogen and oxygen atoms in total. The molecule has 0 aliphatic carbocycles. The Morgan fingerprint density at radius 1 is 1.15 bits per heavy atom. The zero-order chi connectivity index (χ0) is 14.5. The Morgan fingerprint density at radius 3 is 2.45 bits per heavy atom. The molecule has 3 aromatic rings. The number of halogens is 1. The van der Waals surface area contributed by atoms with Crippen LogP contribution in [0, 0.1) is 6.92 Å². The number of benzene rings is 1. The first-order valence-corrected chi connectivity index (χ1v) is 6.68. The van der Waals surface area contributed by atoms with Crippen LogP contribution in [0.25, 0.3) is 16.7 Å². The van der Waals surface area contributed by atoms with Crippen molar-refractivity contribution in [3.8, 4) is 5.69 Å². The molecule has 7 heteroatoms. The Morgan fingerprint density at radius 2 is 1.80 bits per heavy atom. The molecule has 0 amide bonds. The van der Waals surface area contributed by atoms with Gasteiger partial charge in [-0.05, 0) is 36.7 Å². The average Bonchev–Trinajstić information content (AvgIpc) is 2.83. The third-order valence-corrected chi connectivity index (χ3v) is 2.89. The number of hydrogen-bond acceptors (Lipinski definition) is 4. The van der Waals surface area contributed by atoms with Gasteiger partial charge in [0.15, 0.2) is 0 Å². The second-order valence-corrected chi connectivity index (χ2v) is 4.48. The van der Waals surface area contributed by atoms with Crippen molar-refractivity contribution in [2.45, 2.75) is 6.92 Å². The van der Waals surface area contributed by atoms with E-state index in [9.17, 15) is 0 Å². The smallest absolute Gasteiger partial charge is 0.301 e. The number of aromatic nitrogens is 3. The first-order valence-electron chi connectivity index (χ1n) is 5.64. The van der Waals surface area contributed by atoms with Gasteiger partial charge in [-0.25, -0.2) is 4.98 Å². The predicted molar refractivity (Wildman–Crippen MR) is 77.5 cm³/mol. The van der Waals surface area contributed by atoms with Crippen LogP contribution in [0.4, 0.5) is 0 Å². The summed E-state index contributed by atoms with van der Waals surface area (Å²) in [6, 6.07) is 10.2. The molecule has 0 aliphatic rings. The third kappa shape index (κ3) is 3.09. The van der Waals surface area contributed by atoms with Crippen molar-refractivity contribution in [1.29, 1.82) is 0 Å². The van der Waals surface area contributed by atoms with E-state index in [0.717, 1.165) is 16.7 Å². The van der Waals surface area contributed by atoms with Crippen LogP contribution in [0.2, 0.25) is 5.28 Å². The quantitative estimate of drug-likeness (QED) is 0.648. The first-order chi connectivity index (χ1) is 9.65. The fraction of sp³-hybridized carbons (Fsp3) is 0.0769. The fourth-order valence-electron chi connectivity index (χ4n) is 1.81. The normalized spacial score (nSPS) is 9.90. The lowest BCUT2D eigenvalue weighted by molar-refractivity contribution is 0.630. The van der Waals surface area contributed by atoms with E-state index in [2.05, 4.69) is 41.2 Å². The topological polar surface area (TPSA) is 64.8 Å². The number of aryl methyl sites for hydroxylation is 1. The minimum absolute atomic E-state index is 0.268. The van der Waals surface area contributed by atoms with Gasteiger partial charge in [0.05, 0.1) is 0 Å². The van der Waals surface area contributed by atoms with E-state index in [-0.39, 0.29) is 5.28 Å². The van der Waals surface area contributed by atoms with Crippen LogP contribution in [-0.4, -0.2) is 23.0 Å². The van der Waals surface area contributed by atoms with Gasteiger partial charge < -0.3 is 4.57 Å². The molecule has 0 N–H and O–H groups in total. The van der Waals surface area contributed by atoms with Crippen LogP contribution in [-0.2, 0) is 11.6 Å². The molecule has 20 heavy (non-hydrogen) atoms. The zero-order valence-electron chi connectivity index (χ0n) is 10.5. The Bertz CT molecular complexity index is 765. The Kier molecular flexibility index (Phi) is 4.60. The summed E-state index contributed by atoms with van der Waals surface area (Å²) < 4.78 is 18.6. The van der Waals surface area contributed by atoms with Gasteiger partial charge in [0, 0.05) is 23.5 Å². The highest BCUT2D eigenvalue weighted by Crippen LogP contribution is 2.19. The minimum Gasteiger partial charge on any atom is -0.301 e. The van der Waals surface area contributed by atoms with Crippen molar-refractivity contribution in [3.63, 3.8) is 0 Å². The maximum absolute atomic E-state index is 8.29. The van der Waals surface area contributed by atoms with Crippen LogP contribution < -0.4 is 0 Å².